The maximum atomic E-state index is 5.64. The van der Waals surface area contributed by atoms with Crippen LogP contribution in [0.4, 0.5) is 0 Å². The average molecular weight is 373 g/mol. The summed E-state index contributed by atoms with van der Waals surface area (Å²) in [5, 5.41) is 6.11. The fourth-order valence-electron chi connectivity index (χ4n) is 3.94. The lowest BCUT2D eigenvalue weighted by molar-refractivity contribution is -0.941. The SMILES string of the molecule is Cn1c(C2CC2)nn(C[NH+]2CCC[C@@H]2c2nc3ccccc3s2)c1=S. The average Bonchev–Trinajstić information content (AvgIpc) is 3.10. The number of aromatic nitrogens is 4. The van der Waals surface area contributed by atoms with Gasteiger partial charge in [-0.25, -0.2) is 4.98 Å². The molecule has 5 nitrogen and oxygen atoms in total. The minimum atomic E-state index is 0.464. The summed E-state index contributed by atoms with van der Waals surface area (Å²) in [6.45, 7) is 2.01. The minimum Gasteiger partial charge on any atom is -0.308 e. The third-order valence-electron chi connectivity index (χ3n) is 5.46. The Morgan fingerprint density at radius 1 is 1.28 bits per heavy atom. The highest BCUT2D eigenvalue weighted by Crippen LogP contribution is 2.38. The topological polar surface area (TPSA) is 40.1 Å². The lowest BCUT2D eigenvalue weighted by Crippen LogP contribution is -3.09. The molecule has 1 N–H and O–H groups in total. The van der Waals surface area contributed by atoms with Crippen LogP contribution < -0.4 is 4.90 Å². The molecule has 130 valence electrons. The van der Waals surface area contributed by atoms with Gasteiger partial charge < -0.3 is 9.47 Å². The second kappa shape index (κ2) is 6.00. The molecule has 25 heavy (non-hydrogen) atoms. The van der Waals surface area contributed by atoms with Crippen LogP contribution in [0, 0.1) is 4.77 Å². The predicted molar refractivity (Wildman–Crippen MR) is 101 cm³/mol. The normalized spacial score (nSPS) is 23.6. The molecule has 1 aliphatic heterocycles. The summed E-state index contributed by atoms with van der Waals surface area (Å²) in [5.41, 5.74) is 1.12. The number of quaternary nitrogens is 1. The third kappa shape index (κ3) is 2.74. The lowest BCUT2D eigenvalue weighted by atomic mass is 10.2. The zero-order valence-electron chi connectivity index (χ0n) is 14.3. The van der Waals surface area contributed by atoms with Gasteiger partial charge in [0.1, 0.15) is 11.9 Å². The summed E-state index contributed by atoms with van der Waals surface area (Å²) in [6.07, 6.45) is 4.95. The number of hydrogen-bond acceptors (Lipinski definition) is 4. The van der Waals surface area contributed by atoms with Crippen LogP contribution in [0.15, 0.2) is 24.3 Å². The number of nitrogens with one attached hydrogen (secondary N) is 1. The fourth-order valence-corrected chi connectivity index (χ4v) is 5.29. The van der Waals surface area contributed by atoms with Gasteiger partial charge in [-0.05, 0) is 37.2 Å². The van der Waals surface area contributed by atoms with Gasteiger partial charge in [-0.1, -0.05) is 12.1 Å². The number of para-hydroxylation sites is 1. The van der Waals surface area contributed by atoms with Crippen molar-refractivity contribution in [3.63, 3.8) is 0 Å². The van der Waals surface area contributed by atoms with E-state index >= 15 is 0 Å². The van der Waals surface area contributed by atoms with Crippen molar-refractivity contribution in [1.82, 2.24) is 19.3 Å². The Hall–Kier alpha value is -1.57. The first-order valence-electron chi connectivity index (χ1n) is 9.04. The molecule has 2 aromatic heterocycles. The van der Waals surface area contributed by atoms with E-state index in [2.05, 4.69) is 35.9 Å². The first-order valence-corrected chi connectivity index (χ1v) is 10.3. The molecule has 3 aromatic rings. The molecule has 0 bridgehead atoms. The summed E-state index contributed by atoms with van der Waals surface area (Å²) >= 11 is 7.48. The maximum Gasteiger partial charge on any atom is 0.202 e. The smallest absolute Gasteiger partial charge is 0.202 e. The summed E-state index contributed by atoms with van der Waals surface area (Å²) in [6, 6.07) is 8.90. The van der Waals surface area contributed by atoms with E-state index in [9.17, 15) is 0 Å². The number of likely N-dealkylation sites (tertiary alicyclic amines) is 1. The molecular formula is C18H22N5S2+. The van der Waals surface area contributed by atoms with Crippen LogP contribution in [0.3, 0.4) is 0 Å². The number of fused-ring (bicyclic) bond motifs is 1. The van der Waals surface area contributed by atoms with Crippen molar-refractivity contribution in [1.29, 1.82) is 0 Å². The molecule has 1 unspecified atom stereocenters. The van der Waals surface area contributed by atoms with Crippen LogP contribution >= 0.6 is 23.6 Å². The molecule has 0 radical (unpaired) electrons. The number of rotatable bonds is 4. The molecule has 0 amide bonds. The van der Waals surface area contributed by atoms with Crippen LogP contribution in [-0.4, -0.2) is 25.9 Å². The van der Waals surface area contributed by atoms with Crippen molar-refractivity contribution in [2.75, 3.05) is 6.54 Å². The van der Waals surface area contributed by atoms with Crippen LogP contribution in [0.2, 0.25) is 0 Å². The first kappa shape index (κ1) is 15.7. The van der Waals surface area contributed by atoms with Crippen molar-refractivity contribution in [3.8, 4) is 0 Å². The molecule has 0 spiro atoms. The van der Waals surface area contributed by atoms with E-state index in [0.717, 1.165) is 23.5 Å². The standard InChI is InChI=1S/C18H21N5S2/c1-21-16(12-8-9-12)20-23(18(21)24)11-22-10-4-6-14(22)17-19-13-5-2-3-7-15(13)25-17/h2-3,5,7,12,14H,4,6,8-11H2,1H3/p+1/t14-/m1/s1. The van der Waals surface area contributed by atoms with Gasteiger partial charge in [0, 0.05) is 25.8 Å². The number of benzene rings is 1. The summed E-state index contributed by atoms with van der Waals surface area (Å²) in [5.74, 6) is 1.79. The highest BCUT2D eigenvalue weighted by molar-refractivity contribution is 7.71. The number of hydrogen-bond donors (Lipinski definition) is 1. The van der Waals surface area contributed by atoms with Crippen molar-refractivity contribution in [2.45, 2.75) is 44.3 Å². The summed E-state index contributed by atoms with van der Waals surface area (Å²) in [4.78, 5) is 6.44. The Kier molecular flexibility index (Phi) is 3.76. The molecule has 1 saturated heterocycles. The van der Waals surface area contributed by atoms with Crippen LogP contribution in [0.1, 0.15) is 48.5 Å². The summed E-state index contributed by atoms with van der Waals surface area (Å²) < 4.78 is 6.29. The quantitative estimate of drug-likeness (QED) is 0.716. The van der Waals surface area contributed by atoms with Gasteiger partial charge in [0.15, 0.2) is 11.7 Å². The van der Waals surface area contributed by atoms with Gasteiger partial charge >= 0.3 is 0 Å². The van der Waals surface area contributed by atoms with Crippen molar-refractivity contribution in [2.24, 2.45) is 7.05 Å². The second-order valence-electron chi connectivity index (χ2n) is 7.25. The molecule has 2 fully saturated rings. The molecule has 5 rings (SSSR count). The zero-order valence-corrected chi connectivity index (χ0v) is 15.9. The molecule has 2 atom stereocenters. The Labute approximate surface area is 155 Å². The van der Waals surface area contributed by atoms with E-state index in [1.807, 2.05) is 16.0 Å². The van der Waals surface area contributed by atoms with Gasteiger partial charge in [-0.15, -0.1) is 11.3 Å². The second-order valence-corrected chi connectivity index (χ2v) is 8.68. The number of thiazole rings is 1. The van der Waals surface area contributed by atoms with E-state index < -0.39 is 0 Å². The molecular weight excluding hydrogens is 350 g/mol. The molecule has 1 saturated carbocycles. The largest absolute Gasteiger partial charge is 0.308 e. The summed E-state index contributed by atoms with van der Waals surface area (Å²) in [7, 11) is 2.06. The van der Waals surface area contributed by atoms with E-state index in [0.29, 0.717) is 12.0 Å². The monoisotopic (exact) mass is 372 g/mol. The van der Waals surface area contributed by atoms with E-state index in [-0.39, 0.29) is 0 Å². The van der Waals surface area contributed by atoms with Gasteiger partial charge in [0.05, 0.1) is 16.8 Å². The van der Waals surface area contributed by atoms with Gasteiger partial charge in [-0.3, -0.25) is 0 Å². The fraction of sp³-hybridized carbons (Fsp3) is 0.500. The van der Waals surface area contributed by atoms with Gasteiger partial charge in [-0.2, -0.15) is 9.78 Å². The highest BCUT2D eigenvalue weighted by atomic mass is 32.1. The molecule has 1 aromatic carbocycles. The Balaban J connectivity index is 1.43. The zero-order chi connectivity index (χ0) is 17.0. The van der Waals surface area contributed by atoms with Crippen LogP contribution in [0.25, 0.3) is 10.2 Å². The lowest BCUT2D eigenvalue weighted by Gasteiger charge is -2.19. The Morgan fingerprint density at radius 3 is 2.92 bits per heavy atom. The van der Waals surface area contributed by atoms with E-state index in [1.165, 1.54) is 46.1 Å². The molecule has 2 aliphatic rings. The Bertz CT molecular complexity index is 948. The molecule has 3 heterocycles. The first-order chi connectivity index (χ1) is 12.2. The van der Waals surface area contributed by atoms with Crippen LogP contribution in [0.5, 0.6) is 0 Å². The molecule has 1 aliphatic carbocycles. The van der Waals surface area contributed by atoms with Crippen LogP contribution in [-0.2, 0) is 13.7 Å². The third-order valence-corrected chi connectivity index (χ3v) is 7.10. The van der Waals surface area contributed by atoms with Crippen molar-refractivity contribution < 1.29 is 4.90 Å². The maximum absolute atomic E-state index is 5.64. The van der Waals surface area contributed by atoms with E-state index in [4.69, 9.17) is 22.3 Å². The van der Waals surface area contributed by atoms with Gasteiger partial charge in [0.25, 0.3) is 0 Å². The minimum absolute atomic E-state index is 0.464. The van der Waals surface area contributed by atoms with E-state index in [1.54, 1.807) is 0 Å². The van der Waals surface area contributed by atoms with Gasteiger partial charge in [0.2, 0.25) is 4.77 Å². The predicted octanol–water partition coefficient (Wildman–Crippen LogP) is 2.82. The highest BCUT2D eigenvalue weighted by Gasteiger charge is 2.34. The molecule has 7 heteroatoms. The van der Waals surface area contributed by atoms with Crippen molar-refractivity contribution in [3.05, 3.63) is 39.9 Å². The Morgan fingerprint density at radius 2 is 2.12 bits per heavy atom. The van der Waals surface area contributed by atoms with Crippen molar-refractivity contribution >= 4 is 33.8 Å². The number of nitrogens with zero attached hydrogens (tertiary/aromatic N) is 4.